The SMILES string of the molecule is O=C(O)CC(Sc1ccccn1)(N1C(=O)CCC1=O)S(=O)(=O)O. The predicted molar refractivity (Wildman–Crippen MR) is 77.7 cm³/mol. The van der Waals surface area contributed by atoms with Crippen LogP contribution in [0.4, 0.5) is 0 Å². The summed E-state index contributed by atoms with van der Waals surface area (Å²) in [5, 5.41) is 9.11. The van der Waals surface area contributed by atoms with E-state index in [0.717, 1.165) is 0 Å². The molecule has 124 valence electrons. The maximum Gasteiger partial charge on any atom is 0.307 e. The van der Waals surface area contributed by atoms with Gasteiger partial charge in [0.2, 0.25) is 16.0 Å². The number of carbonyl (C=O) groups excluding carboxylic acids is 2. The minimum Gasteiger partial charge on any atom is -0.481 e. The van der Waals surface area contributed by atoms with Crippen molar-refractivity contribution in [1.82, 2.24) is 9.88 Å². The summed E-state index contributed by atoms with van der Waals surface area (Å²) in [6.45, 7) is 0. The van der Waals surface area contributed by atoms with Gasteiger partial charge in [-0.05, 0) is 12.1 Å². The number of pyridine rings is 1. The fraction of sp³-hybridized carbons (Fsp3) is 0.333. The number of carboxylic acids is 1. The second-order valence-corrected chi connectivity index (χ2v) is 7.83. The number of amides is 2. The van der Waals surface area contributed by atoms with Crippen LogP contribution in [0.3, 0.4) is 0 Å². The molecule has 1 aromatic heterocycles. The molecule has 9 nitrogen and oxygen atoms in total. The number of nitrogens with zero attached hydrogens (tertiary/aromatic N) is 2. The maximum atomic E-state index is 12.0. The van der Waals surface area contributed by atoms with Gasteiger partial charge >= 0.3 is 16.1 Å². The highest BCUT2D eigenvalue weighted by atomic mass is 32.3. The van der Waals surface area contributed by atoms with E-state index in [1.54, 1.807) is 6.07 Å². The van der Waals surface area contributed by atoms with Gasteiger partial charge in [-0.3, -0.25) is 18.9 Å². The van der Waals surface area contributed by atoms with E-state index >= 15 is 0 Å². The summed E-state index contributed by atoms with van der Waals surface area (Å²) >= 11 is 0.331. The fourth-order valence-electron chi connectivity index (χ4n) is 2.14. The second kappa shape index (κ2) is 6.26. The summed E-state index contributed by atoms with van der Waals surface area (Å²) in [6, 6.07) is 4.43. The summed E-state index contributed by atoms with van der Waals surface area (Å²) in [6.07, 6.45) is -0.354. The molecule has 2 amide bonds. The van der Waals surface area contributed by atoms with Crippen LogP contribution in [0, 0.1) is 0 Å². The van der Waals surface area contributed by atoms with Crippen LogP contribution >= 0.6 is 11.8 Å². The van der Waals surface area contributed by atoms with Crippen molar-refractivity contribution >= 4 is 39.7 Å². The first-order chi connectivity index (χ1) is 10.7. The van der Waals surface area contributed by atoms with E-state index in [2.05, 4.69) is 4.98 Å². The number of likely N-dealkylation sites (tertiary alicyclic amines) is 1. The molecule has 1 unspecified atom stereocenters. The zero-order valence-electron chi connectivity index (χ0n) is 11.6. The third kappa shape index (κ3) is 3.35. The summed E-state index contributed by atoms with van der Waals surface area (Å²) in [7, 11) is -5.14. The van der Waals surface area contributed by atoms with Crippen LogP contribution in [0.25, 0.3) is 0 Å². The fourth-order valence-corrected chi connectivity index (χ4v) is 4.63. The van der Waals surface area contributed by atoms with Gasteiger partial charge in [0.05, 0.1) is 11.4 Å². The summed E-state index contributed by atoms with van der Waals surface area (Å²) in [4.78, 5) is 39.2. The maximum absolute atomic E-state index is 12.0. The van der Waals surface area contributed by atoms with Crippen molar-refractivity contribution < 1.29 is 32.5 Å². The minimum absolute atomic E-state index is 0.0406. The number of carbonyl (C=O) groups is 3. The smallest absolute Gasteiger partial charge is 0.307 e. The van der Waals surface area contributed by atoms with Crippen LogP contribution in [0.1, 0.15) is 19.3 Å². The standard InChI is InChI=1S/C12H12N2O7S2/c15-9-4-5-10(16)14(9)12(7-11(17)18,23(19,20)21)22-8-3-1-2-6-13-8/h1-3,6H,4-5,7H2,(H,17,18)(H,19,20,21). The number of thioether (sulfide) groups is 1. The predicted octanol–water partition coefficient (Wildman–Crippen LogP) is 0.339. The number of hydrogen-bond donors (Lipinski definition) is 2. The Labute approximate surface area is 135 Å². The van der Waals surface area contributed by atoms with Crippen molar-refractivity contribution in [2.24, 2.45) is 0 Å². The Morgan fingerprint density at radius 3 is 2.35 bits per heavy atom. The first-order valence-corrected chi connectivity index (χ1v) is 8.58. The molecule has 1 atom stereocenters. The van der Waals surface area contributed by atoms with E-state index in [1.165, 1.54) is 18.3 Å². The van der Waals surface area contributed by atoms with Gasteiger partial charge in [-0.25, -0.2) is 9.88 Å². The summed E-state index contributed by atoms with van der Waals surface area (Å²) < 4.78 is 30.9. The van der Waals surface area contributed by atoms with Crippen LogP contribution in [0.2, 0.25) is 0 Å². The molecular formula is C12H12N2O7S2. The quantitative estimate of drug-likeness (QED) is 0.417. The number of imide groups is 1. The monoisotopic (exact) mass is 360 g/mol. The Balaban J connectivity index is 2.62. The van der Waals surface area contributed by atoms with E-state index in [1.807, 2.05) is 0 Å². The summed E-state index contributed by atoms with van der Waals surface area (Å²) in [5.74, 6) is -3.33. The van der Waals surface area contributed by atoms with Gasteiger partial charge in [0, 0.05) is 19.0 Å². The van der Waals surface area contributed by atoms with Gasteiger partial charge in [0.15, 0.2) is 0 Å². The van der Waals surface area contributed by atoms with Crippen LogP contribution in [0.15, 0.2) is 29.4 Å². The Kier molecular flexibility index (Phi) is 4.73. The molecule has 0 spiro atoms. The first kappa shape index (κ1) is 17.4. The highest BCUT2D eigenvalue weighted by Crippen LogP contribution is 2.44. The molecule has 2 N–H and O–H groups in total. The number of aliphatic carboxylic acids is 1. The van der Waals surface area contributed by atoms with Crippen molar-refractivity contribution in [3.05, 3.63) is 24.4 Å². The minimum atomic E-state index is -5.14. The first-order valence-electron chi connectivity index (χ1n) is 6.32. The lowest BCUT2D eigenvalue weighted by atomic mass is 10.4. The number of carboxylic acid groups (broad SMARTS) is 1. The van der Waals surface area contributed by atoms with Crippen LogP contribution in [-0.4, -0.2) is 49.9 Å². The number of aromatic nitrogens is 1. The third-order valence-corrected chi connectivity index (χ3v) is 6.18. The van der Waals surface area contributed by atoms with Crippen molar-refractivity contribution in [1.29, 1.82) is 0 Å². The van der Waals surface area contributed by atoms with Crippen molar-refractivity contribution in [3.63, 3.8) is 0 Å². The lowest BCUT2D eigenvalue weighted by Crippen LogP contribution is -2.55. The summed E-state index contributed by atoms with van der Waals surface area (Å²) in [5.41, 5.74) is 0. The largest absolute Gasteiger partial charge is 0.481 e. The molecule has 0 saturated carbocycles. The molecule has 1 aliphatic rings. The van der Waals surface area contributed by atoms with Crippen LogP contribution in [-0.2, 0) is 24.5 Å². The van der Waals surface area contributed by atoms with Gasteiger partial charge in [-0.2, -0.15) is 8.42 Å². The van der Waals surface area contributed by atoms with Gasteiger partial charge in [-0.1, -0.05) is 17.8 Å². The Morgan fingerprint density at radius 2 is 1.91 bits per heavy atom. The van der Waals surface area contributed by atoms with E-state index in [4.69, 9.17) is 5.11 Å². The number of hydrogen-bond acceptors (Lipinski definition) is 7. The van der Waals surface area contributed by atoms with Crippen molar-refractivity contribution in [3.8, 4) is 0 Å². The molecule has 11 heteroatoms. The number of rotatable bonds is 6. The topological polar surface area (TPSA) is 142 Å². The lowest BCUT2D eigenvalue weighted by molar-refractivity contribution is -0.143. The molecule has 2 rings (SSSR count). The van der Waals surface area contributed by atoms with Crippen LogP contribution < -0.4 is 0 Å². The van der Waals surface area contributed by atoms with Crippen LogP contribution in [0.5, 0.6) is 0 Å². The van der Waals surface area contributed by atoms with E-state index in [0.29, 0.717) is 16.7 Å². The molecule has 23 heavy (non-hydrogen) atoms. The van der Waals surface area contributed by atoms with Crippen molar-refractivity contribution in [2.45, 2.75) is 28.5 Å². The van der Waals surface area contributed by atoms with E-state index < -0.39 is 38.5 Å². The highest BCUT2D eigenvalue weighted by Gasteiger charge is 2.57. The molecule has 1 saturated heterocycles. The zero-order chi connectivity index (χ0) is 17.3. The highest BCUT2D eigenvalue weighted by molar-refractivity contribution is 8.12. The normalized spacial score (nSPS) is 18.0. The average molecular weight is 360 g/mol. The molecule has 0 bridgehead atoms. The lowest BCUT2D eigenvalue weighted by Gasteiger charge is -2.35. The van der Waals surface area contributed by atoms with Gasteiger partial charge < -0.3 is 5.11 Å². The molecule has 0 aromatic carbocycles. The van der Waals surface area contributed by atoms with Gasteiger partial charge in [0.1, 0.15) is 0 Å². The molecule has 2 heterocycles. The molecule has 0 radical (unpaired) electrons. The molecule has 1 aliphatic heterocycles. The molecule has 1 aromatic rings. The van der Waals surface area contributed by atoms with E-state index in [-0.39, 0.29) is 17.9 Å². The molecule has 0 aliphatic carbocycles. The van der Waals surface area contributed by atoms with Gasteiger partial charge in [-0.15, -0.1) is 0 Å². The Bertz CT molecular complexity index is 734. The van der Waals surface area contributed by atoms with Gasteiger partial charge in [0.25, 0.3) is 0 Å². The zero-order valence-corrected chi connectivity index (χ0v) is 13.2. The third-order valence-electron chi connectivity index (χ3n) is 3.07. The Hall–Kier alpha value is -1.98. The van der Waals surface area contributed by atoms with E-state index in [9.17, 15) is 27.4 Å². The van der Waals surface area contributed by atoms with Crippen molar-refractivity contribution in [2.75, 3.05) is 0 Å². The molecular weight excluding hydrogens is 348 g/mol. The average Bonchev–Trinajstić information content (AvgIpc) is 2.77. The molecule has 1 fully saturated rings. The Morgan fingerprint density at radius 1 is 1.30 bits per heavy atom. The second-order valence-electron chi connectivity index (χ2n) is 4.65.